The Morgan fingerprint density at radius 1 is 1.27 bits per heavy atom. The lowest BCUT2D eigenvalue weighted by Gasteiger charge is -2.21. The number of aromatic nitrogens is 4. The standard InChI is InChI=1S/C22H30N4O3S/c1-5-12-26-20(16-10-8-7-9-11-16)24-25-22(26)30-13-17(27)19-14(3)18(15(4)23-19)21(28)29-6-2/h5,16,23H,1,6-13H2,2-4H3. The van der Waals surface area contributed by atoms with E-state index < -0.39 is 5.97 Å². The maximum absolute atomic E-state index is 12.9. The minimum atomic E-state index is -0.404. The number of rotatable bonds is 9. The first-order valence-electron chi connectivity index (χ1n) is 10.5. The van der Waals surface area contributed by atoms with E-state index in [1.807, 2.05) is 6.08 Å². The number of Topliss-reactive ketones (excluding diaryl/α,β-unsaturated/α-hetero) is 1. The smallest absolute Gasteiger partial charge is 0.340 e. The predicted molar refractivity (Wildman–Crippen MR) is 117 cm³/mol. The van der Waals surface area contributed by atoms with Gasteiger partial charge in [-0.15, -0.1) is 16.8 Å². The Bertz CT molecular complexity index is 925. The molecule has 7 nitrogen and oxygen atoms in total. The van der Waals surface area contributed by atoms with Crippen LogP contribution in [0, 0.1) is 13.8 Å². The summed E-state index contributed by atoms with van der Waals surface area (Å²) in [5, 5.41) is 9.55. The Kier molecular flexibility index (Phi) is 7.53. The average Bonchev–Trinajstić information content (AvgIpc) is 3.27. The number of esters is 1. The summed E-state index contributed by atoms with van der Waals surface area (Å²) in [6.45, 7) is 10.1. The second-order valence-electron chi connectivity index (χ2n) is 7.63. The van der Waals surface area contributed by atoms with Crippen LogP contribution in [0.3, 0.4) is 0 Å². The fourth-order valence-corrected chi connectivity index (χ4v) is 4.94. The summed E-state index contributed by atoms with van der Waals surface area (Å²) in [4.78, 5) is 28.1. The zero-order valence-corrected chi connectivity index (χ0v) is 18.8. The van der Waals surface area contributed by atoms with E-state index >= 15 is 0 Å². The first kappa shape index (κ1) is 22.3. The average molecular weight is 431 g/mol. The second-order valence-corrected chi connectivity index (χ2v) is 8.57. The number of hydrogen-bond acceptors (Lipinski definition) is 6. The highest BCUT2D eigenvalue weighted by Gasteiger charge is 2.25. The van der Waals surface area contributed by atoms with E-state index in [2.05, 4.69) is 26.3 Å². The molecule has 1 aliphatic carbocycles. The molecule has 1 N–H and O–H groups in total. The minimum Gasteiger partial charge on any atom is -0.462 e. The Morgan fingerprint density at radius 3 is 2.67 bits per heavy atom. The van der Waals surface area contributed by atoms with E-state index in [4.69, 9.17) is 4.74 Å². The molecule has 0 radical (unpaired) electrons. The van der Waals surface area contributed by atoms with Gasteiger partial charge in [0.25, 0.3) is 0 Å². The first-order valence-corrected chi connectivity index (χ1v) is 11.5. The molecule has 0 aliphatic heterocycles. The van der Waals surface area contributed by atoms with Gasteiger partial charge in [-0.25, -0.2) is 4.79 Å². The van der Waals surface area contributed by atoms with Crippen molar-refractivity contribution in [2.75, 3.05) is 12.4 Å². The van der Waals surface area contributed by atoms with Gasteiger partial charge in [0.05, 0.1) is 23.6 Å². The zero-order valence-electron chi connectivity index (χ0n) is 18.0. The van der Waals surface area contributed by atoms with E-state index in [1.165, 1.54) is 31.0 Å². The van der Waals surface area contributed by atoms with E-state index in [9.17, 15) is 9.59 Å². The van der Waals surface area contributed by atoms with Crippen LogP contribution in [-0.4, -0.2) is 43.9 Å². The molecule has 0 amide bonds. The molecular weight excluding hydrogens is 400 g/mol. The van der Waals surface area contributed by atoms with Crippen molar-refractivity contribution < 1.29 is 14.3 Å². The van der Waals surface area contributed by atoms with Crippen molar-refractivity contribution in [3.05, 3.63) is 41.0 Å². The third-order valence-corrected chi connectivity index (χ3v) is 6.52. The van der Waals surface area contributed by atoms with Gasteiger partial charge in [0, 0.05) is 18.2 Å². The number of carbonyl (C=O) groups is 2. The minimum absolute atomic E-state index is 0.0801. The third-order valence-electron chi connectivity index (χ3n) is 5.56. The SMILES string of the molecule is C=CCn1c(SCC(=O)c2[nH]c(C)c(C(=O)OCC)c2C)nnc1C1CCCCC1. The third kappa shape index (κ3) is 4.69. The lowest BCUT2D eigenvalue weighted by Crippen LogP contribution is -2.13. The summed E-state index contributed by atoms with van der Waals surface area (Å²) in [6, 6.07) is 0. The molecule has 1 saturated carbocycles. The van der Waals surface area contributed by atoms with Gasteiger partial charge in [0.15, 0.2) is 10.9 Å². The van der Waals surface area contributed by atoms with Crippen molar-refractivity contribution in [2.45, 2.75) is 70.5 Å². The number of ketones is 1. The molecule has 0 aromatic carbocycles. The van der Waals surface area contributed by atoms with Crippen molar-refractivity contribution in [1.29, 1.82) is 0 Å². The maximum Gasteiger partial charge on any atom is 0.340 e. The van der Waals surface area contributed by atoms with Crippen LogP contribution in [-0.2, 0) is 11.3 Å². The Labute approximate surface area is 181 Å². The fourth-order valence-electron chi connectivity index (χ4n) is 4.11. The molecule has 162 valence electrons. The molecule has 0 bridgehead atoms. The van der Waals surface area contributed by atoms with Gasteiger partial charge in [0.2, 0.25) is 0 Å². The Balaban J connectivity index is 1.75. The normalized spacial score (nSPS) is 14.6. The number of nitrogens with zero attached hydrogens (tertiary/aromatic N) is 3. The van der Waals surface area contributed by atoms with Crippen LogP contribution in [0.15, 0.2) is 17.8 Å². The maximum atomic E-state index is 12.9. The van der Waals surface area contributed by atoms with Crippen LogP contribution >= 0.6 is 11.8 Å². The van der Waals surface area contributed by atoms with E-state index in [0.717, 1.165) is 23.8 Å². The van der Waals surface area contributed by atoms with Crippen molar-refractivity contribution in [3.8, 4) is 0 Å². The van der Waals surface area contributed by atoms with Gasteiger partial charge in [-0.1, -0.05) is 37.1 Å². The van der Waals surface area contributed by atoms with Gasteiger partial charge < -0.3 is 14.3 Å². The largest absolute Gasteiger partial charge is 0.462 e. The monoisotopic (exact) mass is 430 g/mol. The molecule has 0 spiro atoms. The van der Waals surface area contributed by atoms with Gasteiger partial charge in [0.1, 0.15) is 5.82 Å². The van der Waals surface area contributed by atoms with E-state index in [1.54, 1.807) is 20.8 Å². The molecule has 1 fully saturated rings. The molecule has 2 aromatic rings. The molecule has 0 unspecified atom stereocenters. The van der Waals surface area contributed by atoms with Crippen LogP contribution < -0.4 is 0 Å². The van der Waals surface area contributed by atoms with Crippen molar-refractivity contribution in [2.24, 2.45) is 0 Å². The van der Waals surface area contributed by atoms with Crippen molar-refractivity contribution in [1.82, 2.24) is 19.7 Å². The summed E-state index contributed by atoms with van der Waals surface area (Å²) in [5.74, 6) is 1.16. The zero-order chi connectivity index (χ0) is 21.7. The highest BCUT2D eigenvalue weighted by Crippen LogP contribution is 2.33. The first-order chi connectivity index (χ1) is 14.5. The fraction of sp³-hybridized carbons (Fsp3) is 0.545. The van der Waals surface area contributed by atoms with Gasteiger partial charge in [-0.3, -0.25) is 4.79 Å². The predicted octanol–water partition coefficient (Wildman–Crippen LogP) is 4.61. The van der Waals surface area contributed by atoms with Gasteiger partial charge in [-0.05, 0) is 39.2 Å². The number of aryl methyl sites for hydroxylation is 1. The Hall–Kier alpha value is -2.35. The van der Waals surface area contributed by atoms with E-state index in [0.29, 0.717) is 41.6 Å². The Morgan fingerprint density at radius 2 is 2.00 bits per heavy atom. The quantitative estimate of drug-likeness (QED) is 0.270. The molecule has 8 heteroatoms. The summed E-state index contributed by atoms with van der Waals surface area (Å²) in [5.41, 5.74) is 2.17. The van der Waals surface area contributed by atoms with Crippen LogP contribution in [0.5, 0.6) is 0 Å². The van der Waals surface area contributed by atoms with Crippen LogP contribution in [0.4, 0.5) is 0 Å². The lowest BCUT2D eigenvalue weighted by molar-refractivity contribution is 0.0525. The number of allylic oxidation sites excluding steroid dienone is 1. The highest BCUT2D eigenvalue weighted by molar-refractivity contribution is 7.99. The van der Waals surface area contributed by atoms with Crippen LogP contribution in [0.25, 0.3) is 0 Å². The molecule has 30 heavy (non-hydrogen) atoms. The molecule has 3 rings (SSSR count). The topological polar surface area (TPSA) is 89.9 Å². The van der Waals surface area contributed by atoms with E-state index in [-0.39, 0.29) is 11.5 Å². The van der Waals surface area contributed by atoms with Gasteiger partial charge >= 0.3 is 5.97 Å². The number of nitrogens with one attached hydrogen (secondary N) is 1. The summed E-state index contributed by atoms with van der Waals surface area (Å²) >= 11 is 1.37. The number of aromatic amines is 1. The second kappa shape index (κ2) is 10.1. The highest BCUT2D eigenvalue weighted by atomic mass is 32.2. The summed E-state index contributed by atoms with van der Waals surface area (Å²) < 4.78 is 7.19. The van der Waals surface area contributed by atoms with Crippen LogP contribution in [0.1, 0.15) is 82.9 Å². The molecule has 0 atom stereocenters. The number of ether oxygens (including phenoxy) is 1. The van der Waals surface area contributed by atoms with Gasteiger partial charge in [-0.2, -0.15) is 0 Å². The number of thioether (sulfide) groups is 1. The summed E-state index contributed by atoms with van der Waals surface area (Å²) in [6.07, 6.45) is 7.84. The number of carbonyl (C=O) groups excluding carboxylic acids is 2. The molecule has 0 saturated heterocycles. The number of H-pyrrole nitrogens is 1. The molecule has 2 aromatic heterocycles. The van der Waals surface area contributed by atoms with Crippen LogP contribution in [0.2, 0.25) is 0 Å². The molecule has 1 aliphatic rings. The summed E-state index contributed by atoms with van der Waals surface area (Å²) in [7, 11) is 0. The molecule has 2 heterocycles. The lowest BCUT2D eigenvalue weighted by atomic mass is 9.89. The number of hydrogen-bond donors (Lipinski definition) is 1. The molecular formula is C22H30N4O3S. The van der Waals surface area contributed by atoms with Crippen molar-refractivity contribution >= 4 is 23.5 Å². The van der Waals surface area contributed by atoms with Crippen molar-refractivity contribution in [3.63, 3.8) is 0 Å².